The molecule has 0 saturated heterocycles. The molecule has 11 rings (SSSR count). The van der Waals surface area contributed by atoms with Gasteiger partial charge in [0.2, 0.25) is 7.37 Å². The number of fused-ring (bicyclic) bond motifs is 14. The smallest absolute Gasteiger partial charge is 0.410 e. The standard InChI is InChI=1S/C32F16N8.C8H9O2P.Al/c33-9-1-2(10(34)18(42)17(9)41)26-49-25(1)53-27-3-4(12(36)20(44)19(43)11(3)35)29(50-27)55-31-7-8(16(40)24(48)23(47)15(7)39)32(52-31)56-30-6-5(28(51-30)54-26)13(37)21(45)22(46)14(6)38;1-2-11(9,10)8-6-4-3-5-7-8;/h;2-7H,1H2,(H,9,10);/q-2;;+3/p-1. The normalized spacial score (nSPS) is 15.3. The van der Waals surface area contributed by atoms with Crippen LogP contribution in [0, 0.1) is 93.1 Å². The van der Waals surface area contributed by atoms with Gasteiger partial charge in [0.15, 0.2) is 116 Å². The molecule has 0 saturated carbocycles. The van der Waals surface area contributed by atoms with Crippen molar-refractivity contribution in [2.24, 2.45) is 30.0 Å². The monoisotopic (exact) mass is 994 g/mol. The largest absolute Gasteiger partial charge is 0.815 e. The molecule has 0 N–H and O–H groups in total. The maximum Gasteiger partial charge on any atom is 0.815 e. The summed E-state index contributed by atoms with van der Waals surface area (Å²) >= 11 is -5.42. The van der Waals surface area contributed by atoms with Crippen molar-refractivity contribution in [2.45, 2.75) is 0 Å². The molecule has 4 aliphatic heterocycles. The first kappa shape index (κ1) is 43.4. The number of benzene rings is 5. The maximum absolute atomic E-state index is 16.6. The minimum Gasteiger partial charge on any atom is -0.410 e. The van der Waals surface area contributed by atoms with Gasteiger partial charge in [0.05, 0.1) is 43.8 Å². The highest BCUT2D eigenvalue weighted by Crippen LogP contribution is 2.51. The van der Waals surface area contributed by atoms with E-state index >= 15 is 74.8 Å². The van der Waals surface area contributed by atoms with Gasteiger partial charge in [-0.05, 0) is 17.9 Å². The van der Waals surface area contributed by atoms with Gasteiger partial charge in [0, 0.05) is 5.30 Å². The van der Waals surface area contributed by atoms with Crippen LogP contribution in [0.3, 0.4) is 0 Å². The summed E-state index contributed by atoms with van der Waals surface area (Å²) in [5, 5.41) is -7.03. The minimum atomic E-state index is -5.42. The van der Waals surface area contributed by atoms with Crippen molar-refractivity contribution < 1.29 is 78.4 Å². The molecule has 340 valence electrons. The molecule has 5 aromatic carbocycles. The fourth-order valence-electron chi connectivity index (χ4n) is 8.09. The van der Waals surface area contributed by atoms with Gasteiger partial charge < -0.3 is 10.7 Å². The van der Waals surface area contributed by atoms with Gasteiger partial charge in [0.25, 0.3) is 0 Å². The Morgan fingerprint density at radius 1 is 0.426 bits per heavy atom. The number of halogens is 16. The zero-order valence-corrected chi connectivity index (χ0v) is 34.2. The summed E-state index contributed by atoms with van der Waals surface area (Å²) in [4.78, 5) is 23.1. The van der Waals surface area contributed by atoms with Crippen molar-refractivity contribution in [3.63, 3.8) is 0 Å². The first-order chi connectivity index (χ1) is 32.2. The van der Waals surface area contributed by atoms with E-state index in [2.05, 4.69) is 36.5 Å². The van der Waals surface area contributed by atoms with E-state index in [1.54, 1.807) is 0 Å². The molecule has 6 bridgehead atoms. The maximum atomic E-state index is 16.6. The molecular formula is C40H8AlF16N8O2P. The molecular weight excluding hydrogens is 986 g/mol. The molecule has 7 aromatic rings. The number of rotatable bonds is 4. The first-order valence-corrected chi connectivity index (χ1v) is 21.7. The number of amidine groups is 4. The van der Waals surface area contributed by atoms with Gasteiger partial charge in [-0.25, -0.2) is 100 Å². The zero-order valence-electron chi connectivity index (χ0n) is 32.1. The van der Waals surface area contributed by atoms with E-state index in [0.717, 1.165) is 12.1 Å². The molecule has 4 aliphatic rings. The van der Waals surface area contributed by atoms with Gasteiger partial charge in [-0.2, -0.15) is 0 Å². The summed E-state index contributed by atoms with van der Waals surface area (Å²) in [6, 6.07) is 6.15. The second-order valence-electron chi connectivity index (χ2n) is 14.6. The van der Waals surface area contributed by atoms with Crippen LogP contribution >= 0.6 is 7.37 Å². The van der Waals surface area contributed by atoms with Crippen molar-refractivity contribution in [3.8, 4) is 0 Å². The summed E-state index contributed by atoms with van der Waals surface area (Å²) in [7, 11) is -4.98. The highest BCUT2D eigenvalue weighted by molar-refractivity contribution is 7.70. The molecule has 6 heterocycles. The van der Waals surface area contributed by atoms with Gasteiger partial charge in [-0.15, -0.1) is 0 Å². The highest BCUT2D eigenvalue weighted by Gasteiger charge is 2.50. The van der Waals surface area contributed by atoms with Crippen molar-refractivity contribution >= 4 is 84.1 Å². The zero-order chi connectivity index (χ0) is 48.5. The van der Waals surface area contributed by atoms with E-state index in [9.17, 15) is 0 Å². The Kier molecular flexibility index (Phi) is 9.19. The lowest BCUT2D eigenvalue weighted by molar-refractivity contribution is 0.407. The van der Waals surface area contributed by atoms with Gasteiger partial charge in [0.1, 0.15) is 22.6 Å². The van der Waals surface area contributed by atoms with Crippen molar-refractivity contribution in [3.05, 3.63) is 169 Å². The van der Waals surface area contributed by atoms with E-state index in [1.165, 1.54) is 18.2 Å². The van der Waals surface area contributed by atoms with Crippen LogP contribution in [-0.2, 0) is 8.14 Å². The predicted molar refractivity (Wildman–Crippen MR) is 205 cm³/mol. The minimum absolute atomic E-state index is 0.174. The van der Waals surface area contributed by atoms with Crippen LogP contribution in [-0.4, -0.2) is 45.4 Å². The Morgan fingerprint density at radius 3 is 1.10 bits per heavy atom. The topological polar surface area (TPSA) is 110 Å². The second-order valence-corrected chi connectivity index (χ2v) is 19.2. The summed E-state index contributed by atoms with van der Waals surface area (Å²) in [6.45, 7) is 3.49. The number of aliphatic imine (C=N–C) groups is 4. The third kappa shape index (κ3) is 5.40. The van der Waals surface area contributed by atoms with Crippen LogP contribution in [0.15, 0.2) is 72.7 Å². The van der Waals surface area contributed by atoms with Crippen molar-refractivity contribution in [1.82, 2.24) is 7.10 Å². The Hall–Kier alpha value is -7.20. The molecule has 0 radical (unpaired) electrons. The highest BCUT2D eigenvalue weighted by atomic mass is 31.2. The number of hydrogen-bond acceptors (Lipinski definition) is 8. The molecule has 0 fully saturated rings. The van der Waals surface area contributed by atoms with Crippen LogP contribution in [0.25, 0.3) is 21.5 Å². The molecule has 1 atom stereocenters. The summed E-state index contributed by atoms with van der Waals surface area (Å²) < 4.78 is 275. The lowest BCUT2D eigenvalue weighted by Gasteiger charge is -2.24. The molecule has 0 amide bonds. The van der Waals surface area contributed by atoms with Crippen molar-refractivity contribution in [1.29, 1.82) is 0 Å². The van der Waals surface area contributed by atoms with E-state index < -0.39 is 205 Å². The van der Waals surface area contributed by atoms with Gasteiger partial charge in [-0.3, -0.25) is 4.57 Å². The predicted octanol–water partition coefficient (Wildman–Crippen LogP) is 8.91. The first-order valence-electron chi connectivity index (χ1n) is 18.5. The number of hydrogen-bond donors (Lipinski definition) is 0. The number of aromatic nitrogens is 2. The molecule has 10 nitrogen and oxygen atoms in total. The van der Waals surface area contributed by atoms with Gasteiger partial charge >= 0.3 is 14.9 Å². The molecule has 2 aromatic heterocycles. The van der Waals surface area contributed by atoms with Gasteiger partial charge in [-0.1, -0.05) is 24.8 Å². The summed E-state index contributed by atoms with van der Waals surface area (Å²) in [5.74, 6) is -48.6. The van der Waals surface area contributed by atoms with Crippen LogP contribution in [0.4, 0.5) is 81.9 Å². The van der Waals surface area contributed by atoms with Crippen LogP contribution in [0.5, 0.6) is 0 Å². The SMILES string of the molecule is C=CP(=O)([O][Al]1[n]2c3c4c(F)c(F)c(F)c(F)c4c2N=C2N=C(N=c4c5c(F)c(F)c(F)c(F)c5c([n]41)=NC1=NC(=N3)c3c(F)c(F)c(F)c(F)c31)c1c(F)c(F)c(F)c(F)c12)c1ccccc1. The van der Waals surface area contributed by atoms with Crippen molar-refractivity contribution in [2.75, 3.05) is 0 Å². The summed E-state index contributed by atoms with van der Waals surface area (Å²) in [5.41, 5.74) is -9.25. The fourth-order valence-corrected chi connectivity index (χ4v) is 13.4. The molecule has 0 spiro atoms. The van der Waals surface area contributed by atoms with E-state index in [1.807, 2.05) is 0 Å². The average molecular weight is 994 g/mol. The van der Waals surface area contributed by atoms with Crippen LogP contribution < -0.4 is 16.3 Å². The van der Waals surface area contributed by atoms with Crippen LogP contribution in [0.1, 0.15) is 22.3 Å². The number of nitrogens with zero attached hydrogens (tertiary/aromatic N) is 8. The third-order valence-electron chi connectivity index (χ3n) is 11.1. The molecule has 0 aliphatic carbocycles. The fraction of sp³-hybridized carbons (Fsp3) is 0. The Bertz CT molecular complexity index is 3770. The molecule has 28 heteroatoms. The Balaban J connectivity index is 1.51. The van der Waals surface area contributed by atoms with E-state index in [-0.39, 0.29) is 12.4 Å². The third-order valence-corrected chi connectivity index (χ3v) is 16.5. The summed E-state index contributed by atoms with van der Waals surface area (Å²) in [6.07, 6.45) is 0. The lowest BCUT2D eigenvalue weighted by atomic mass is 10.1. The van der Waals surface area contributed by atoms with E-state index in [0.29, 0.717) is 5.82 Å². The lowest BCUT2D eigenvalue weighted by Crippen LogP contribution is -2.48. The average Bonchev–Trinajstić information content (AvgIpc) is 4.06. The Morgan fingerprint density at radius 2 is 0.750 bits per heavy atom. The van der Waals surface area contributed by atoms with Crippen LogP contribution in [0.2, 0.25) is 0 Å². The quantitative estimate of drug-likeness (QED) is 0.0578. The second kappa shape index (κ2) is 14.4. The molecule has 68 heavy (non-hydrogen) atoms. The Labute approximate surface area is 367 Å². The molecule has 1 unspecified atom stereocenters. The van der Waals surface area contributed by atoms with E-state index in [4.69, 9.17) is 3.58 Å².